The summed E-state index contributed by atoms with van der Waals surface area (Å²) in [6.07, 6.45) is 1.32. The van der Waals surface area contributed by atoms with Gasteiger partial charge in [-0.2, -0.15) is 10.2 Å². The van der Waals surface area contributed by atoms with Crippen LogP contribution in [0.25, 0.3) is 5.82 Å². The van der Waals surface area contributed by atoms with Crippen LogP contribution in [0.2, 0.25) is 0 Å². The molecule has 0 spiro atoms. The highest BCUT2D eigenvalue weighted by molar-refractivity contribution is 5.87. The highest BCUT2D eigenvalue weighted by Gasteiger charge is 2.31. The lowest BCUT2D eigenvalue weighted by Crippen LogP contribution is -2.33. The second-order valence-electron chi connectivity index (χ2n) is 6.49. The maximum atomic E-state index is 12.2. The van der Waals surface area contributed by atoms with Crippen LogP contribution < -0.4 is 0 Å². The molecule has 3 rings (SSSR count). The standard InChI is InChI=1S/C15H19N5O4/c1-15(2,3)24-14(22)19-7-9-6-16-20(11(9)8-19)12-5-10(17-18-12)13(21)23-4/h5-6H,7-8H2,1-4H3,(H,17,18). The van der Waals surface area contributed by atoms with E-state index in [2.05, 4.69) is 20.0 Å². The third-order valence-electron chi connectivity index (χ3n) is 3.50. The molecule has 3 heterocycles. The highest BCUT2D eigenvalue weighted by Crippen LogP contribution is 2.26. The Labute approximate surface area is 138 Å². The lowest BCUT2D eigenvalue weighted by atomic mass is 10.2. The van der Waals surface area contributed by atoms with E-state index in [1.54, 1.807) is 21.8 Å². The number of aromatic nitrogens is 4. The molecule has 0 saturated carbocycles. The highest BCUT2D eigenvalue weighted by atomic mass is 16.6. The number of nitrogens with one attached hydrogen (secondary N) is 1. The van der Waals surface area contributed by atoms with Crippen molar-refractivity contribution in [3.05, 3.63) is 29.2 Å². The number of aromatic amines is 1. The zero-order valence-corrected chi connectivity index (χ0v) is 14.0. The van der Waals surface area contributed by atoms with Crippen LogP contribution in [0.3, 0.4) is 0 Å². The van der Waals surface area contributed by atoms with E-state index < -0.39 is 11.6 Å². The van der Waals surface area contributed by atoms with Gasteiger partial charge in [0.05, 0.1) is 32.1 Å². The molecule has 0 unspecified atom stereocenters. The molecule has 0 saturated heterocycles. The Morgan fingerprint density at radius 3 is 2.71 bits per heavy atom. The van der Waals surface area contributed by atoms with Crippen LogP contribution in [0.15, 0.2) is 12.3 Å². The van der Waals surface area contributed by atoms with Crippen molar-refractivity contribution in [3.63, 3.8) is 0 Å². The van der Waals surface area contributed by atoms with E-state index in [0.717, 1.165) is 11.3 Å². The van der Waals surface area contributed by atoms with Crippen molar-refractivity contribution < 1.29 is 19.1 Å². The minimum atomic E-state index is -0.545. The van der Waals surface area contributed by atoms with Gasteiger partial charge in [0.15, 0.2) is 11.5 Å². The third-order valence-corrected chi connectivity index (χ3v) is 3.50. The molecule has 0 radical (unpaired) electrons. The van der Waals surface area contributed by atoms with E-state index >= 15 is 0 Å². The number of methoxy groups -OCH3 is 1. The van der Waals surface area contributed by atoms with Crippen molar-refractivity contribution in [2.45, 2.75) is 39.5 Å². The largest absolute Gasteiger partial charge is 0.464 e. The van der Waals surface area contributed by atoms with E-state index in [4.69, 9.17) is 4.74 Å². The number of nitrogens with zero attached hydrogens (tertiary/aromatic N) is 4. The Bertz CT molecular complexity index is 786. The van der Waals surface area contributed by atoms with E-state index in [1.165, 1.54) is 7.11 Å². The molecule has 0 bridgehead atoms. The molecule has 0 atom stereocenters. The Kier molecular flexibility index (Phi) is 3.78. The number of carbonyl (C=O) groups excluding carboxylic acids is 2. The van der Waals surface area contributed by atoms with Gasteiger partial charge in [-0.05, 0) is 20.8 Å². The molecule has 0 aromatic carbocycles. The minimum Gasteiger partial charge on any atom is -0.464 e. The number of esters is 1. The normalized spacial score (nSPS) is 13.8. The van der Waals surface area contributed by atoms with Crippen LogP contribution in [0.4, 0.5) is 4.79 Å². The van der Waals surface area contributed by atoms with Gasteiger partial charge in [0, 0.05) is 11.6 Å². The number of H-pyrrole nitrogens is 1. The molecule has 1 N–H and O–H groups in total. The number of fused-ring (bicyclic) bond motifs is 1. The zero-order valence-electron chi connectivity index (χ0n) is 14.0. The molecule has 128 valence electrons. The summed E-state index contributed by atoms with van der Waals surface area (Å²) in [6, 6.07) is 1.55. The van der Waals surface area contributed by atoms with Crippen molar-refractivity contribution in [2.24, 2.45) is 0 Å². The van der Waals surface area contributed by atoms with Crippen LogP contribution >= 0.6 is 0 Å². The fraction of sp³-hybridized carbons (Fsp3) is 0.467. The summed E-state index contributed by atoms with van der Waals surface area (Å²) in [5.41, 5.74) is 1.39. The van der Waals surface area contributed by atoms with Gasteiger partial charge in [-0.15, -0.1) is 0 Å². The molecule has 9 nitrogen and oxygen atoms in total. The molecule has 24 heavy (non-hydrogen) atoms. The second kappa shape index (κ2) is 5.66. The fourth-order valence-corrected chi connectivity index (χ4v) is 2.44. The van der Waals surface area contributed by atoms with Crippen LogP contribution in [-0.2, 0) is 22.6 Å². The second-order valence-corrected chi connectivity index (χ2v) is 6.49. The van der Waals surface area contributed by atoms with E-state index in [1.807, 2.05) is 20.8 Å². The number of ether oxygens (including phenoxy) is 2. The van der Waals surface area contributed by atoms with Gasteiger partial charge in [-0.1, -0.05) is 0 Å². The van der Waals surface area contributed by atoms with Gasteiger partial charge in [0.1, 0.15) is 5.60 Å². The Hall–Kier alpha value is -2.84. The molecule has 2 aromatic heterocycles. The van der Waals surface area contributed by atoms with Crippen molar-refractivity contribution in [1.82, 2.24) is 24.9 Å². The number of hydrogen-bond donors (Lipinski definition) is 1. The first-order chi connectivity index (χ1) is 11.3. The van der Waals surface area contributed by atoms with Gasteiger partial charge < -0.3 is 9.47 Å². The van der Waals surface area contributed by atoms with Crippen LogP contribution in [0.5, 0.6) is 0 Å². The summed E-state index contributed by atoms with van der Waals surface area (Å²) in [5, 5.41) is 10.9. The van der Waals surface area contributed by atoms with E-state index in [0.29, 0.717) is 18.9 Å². The molecule has 0 fully saturated rings. The number of hydrogen-bond acceptors (Lipinski definition) is 6. The lowest BCUT2D eigenvalue weighted by molar-refractivity contribution is 0.0238. The van der Waals surface area contributed by atoms with Gasteiger partial charge in [-0.3, -0.25) is 10.00 Å². The summed E-state index contributed by atoms with van der Waals surface area (Å²) in [5.74, 6) is -0.000582. The Morgan fingerprint density at radius 2 is 2.04 bits per heavy atom. The Balaban J connectivity index is 1.79. The number of amides is 1. The maximum Gasteiger partial charge on any atom is 0.410 e. The predicted molar refractivity (Wildman–Crippen MR) is 82.5 cm³/mol. The van der Waals surface area contributed by atoms with Crippen molar-refractivity contribution in [2.75, 3.05) is 7.11 Å². The predicted octanol–water partition coefficient (Wildman–Crippen LogP) is 1.63. The first kappa shape index (κ1) is 16.0. The fourth-order valence-electron chi connectivity index (χ4n) is 2.44. The van der Waals surface area contributed by atoms with Crippen molar-refractivity contribution in [1.29, 1.82) is 0 Å². The third kappa shape index (κ3) is 2.97. The first-order valence-corrected chi connectivity index (χ1v) is 7.46. The molecule has 1 aliphatic rings. The molecule has 2 aromatic rings. The first-order valence-electron chi connectivity index (χ1n) is 7.46. The summed E-state index contributed by atoms with van der Waals surface area (Å²) in [7, 11) is 1.29. The van der Waals surface area contributed by atoms with Gasteiger partial charge in [-0.25, -0.2) is 14.3 Å². The molecular weight excluding hydrogens is 314 g/mol. The SMILES string of the molecule is COC(=O)c1cc(-n2ncc3c2CN(C(=O)OC(C)(C)C)C3)[nH]n1. The average Bonchev–Trinajstić information content (AvgIpc) is 3.18. The molecule has 9 heteroatoms. The zero-order chi connectivity index (χ0) is 17.5. The number of carbonyl (C=O) groups is 2. The molecule has 1 aliphatic heterocycles. The lowest BCUT2D eigenvalue weighted by Gasteiger charge is -2.24. The summed E-state index contributed by atoms with van der Waals surface area (Å²) in [6.45, 7) is 6.29. The quantitative estimate of drug-likeness (QED) is 0.838. The van der Waals surface area contributed by atoms with Crippen LogP contribution in [0, 0.1) is 0 Å². The summed E-state index contributed by atoms with van der Waals surface area (Å²) < 4.78 is 11.7. The topological polar surface area (TPSA) is 102 Å². The molecule has 0 aliphatic carbocycles. The minimum absolute atomic E-state index is 0.166. The van der Waals surface area contributed by atoms with Crippen molar-refractivity contribution in [3.8, 4) is 5.82 Å². The van der Waals surface area contributed by atoms with Gasteiger partial charge in [0.25, 0.3) is 0 Å². The van der Waals surface area contributed by atoms with Gasteiger partial charge in [0.2, 0.25) is 0 Å². The van der Waals surface area contributed by atoms with E-state index in [-0.39, 0.29) is 11.8 Å². The van der Waals surface area contributed by atoms with Gasteiger partial charge >= 0.3 is 12.1 Å². The van der Waals surface area contributed by atoms with Crippen LogP contribution in [-0.4, -0.2) is 49.7 Å². The number of rotatable bonds is 2. The molecular formula is C15H19N5O4. The Morgan fingerprint density at radius 1 is 1.29 bits per heavy atom. The van der Waals surface area contributed by atoms with E-state index in [9.17, 15) is 9.59 Å². The maximum absolute atomic E-state index is 12.2. The summed E-state index contributed by atoms with van der Waals surface area (Å²) in [4.78, 5) is 25.3. The average molecular weight is 333 g/mol. The smallest absolute Gasteiger partial charge is 0.410 e. The van der Waals surface area contributed by atoms with Crippen LogP contribution in [0.1, 0.15) is 42.5 Å². The molecule has 1 amide bonds. The van der Waals surface area contributed by atoms with Crippen molar-refractivity contribution >= 4 is 12.1 Å². The monoisotopic (exact) mass is 333 g/mol. The summed E-state index contributed by atoms with van der Waals surface area (Å²) >= 11 is 0.